The van der Waals surface area contributed by atoms with E-state index in [-0.39, 0.29) is 39.7 Å². The fraction of sp³-hybridized carbons (Fsp3) is 0.212. The van der Waals surface area contributed by atoms with Gasteiger partial charge in [-0.05, 0) is 49.2 Å². The van der Waals surface area contributed by atoms with Gasteiger partial charge in [-0.25, -0.2) is 20.5 Å². The van der Waals surface area contributed by atoms with Crippen molar-refractivity contribution in [2.75, 3.05) is 10.3 Å². The average molecular weight is 707 g/mol. The fourth-order valence-electron chi connectivity index (χ4n) is 5.60. The first kappa shape index (κ1) is 34.1. The largest absolute Gasteiger partial charge is 0.493 e. The molecule has 1 aliphatic heterocycles. The summed E-state index contributed by atoms with van der Waals surface area (Å²) in [5.74, 6) is 5.15. The van der Waals surface area contributed by atoms with Crippen molar-refractivity contribution >= 4 is 28.9 Å². The van der Waals surface area contributed by atoms with Gasteiger partial charge in [0, 0.05) is 52.8 Å². The topological polar surface area (TPSA) is 183 Å². The molecule has 1 aliphatic rings. The van der Waals surface area contributed by atoms with Crippen molar-refractivity contribution in [2.45, 2.75) is 38.4 Å². The average Bonchev–Trinajstić information content (AvgIpc) is 3.49. The molecule has 5 aromatic rings. The smallest absolute Gasteiger partial charge is 0.432 e. The molecule has 5 heterocycles. The van der Waals surface area contributed by atoms with Crippen molar-refractivity contribution in [3.05, 3.63) is 106 Å². The molecule has 2 atom stereocenters. The molecule has 0 saturated carbocycles. The summed E-state index contributed by atoms with van der Waals surface area (Å²) in [4.78, 5) is 39.9. The number of aromatic nitrogens is 6. The number of fused-ring (bicyclic) bond motifs is 4. The summed E-state index contributed by atoms with van der Waals surface area (Å²) >= 11 is 6.22. The van der Waals surface area contributed by atoms with Gasteiger partial charge in [0.1, 0.15) is 11.4 Å². The summed E-state index contributed by atoms with van der Waals surface area (Å²) in [6.07, 6.45) is 3.17. The third-order valence-electron chi connectivity index (χ3n) is 8.21. The van der Waals surface area contributed by atoms with Gasteiger partial charge in [-0.1, -0.05) is 24.9 Å². The first-order valence-electron chi connectivity index (χ1n) is 15.3. The predicted octanol–water partition coefficient (Wildman–Crippen LogP) is 5.30. The minimum atomic E-state index is -4.81. The first-order chi connectivity index (χ1) is 23.8. The second-order valence-electron chi connectivity index (χ2n) is 11.7. The zero-order chi connectivity index (χ0) is 35.7. The molecule has 0 fully saturated rings. The molecule has 0 aliphatic carbocycles. The maximum Gasteiger partial charge on any atom is 0.432 e. The lowest BCUT2D eigenvalue weighted by Gasteiger charge is -2.22. The Kier molecular flexibility index (Phi) is 9.31. The highest BCUT2D eigenvalue weighted by molar-refractivity contribution is 6.31. The summed E-state index contributed by atoms with van der Waals surface area (Å²) in [6, 6.07) is 11.5. The van der Waals surface area contributed by atoms with E-state index >= 15 is 0 Å². The zero-order valence-electron chi connectivity index (χ0n) is 26.3. The van der Waals surface area contributed by atoms with E-state index in [2.05, 4.69) is 20.3 Å². The Labute approximate surface area is 287 Å². The van der Waals surface area contributed by atoms with E-state index in [4.69, 9.17) is 28.3 Å². The highest BCUT2D eigenvalue weighted by Gasteiger charge is 2.32. The van der Waals surface area contributed by atoms with Crippen LogP contribution in [0, 0.1) is 5.92 Å². The quantitative estimate of drug-likeness (QED) is 0.138. The molecular formula is C33H30ClF3N10O3. The Morgan fingerprint density at radius 1 is 1.08 bits per heavy atom. The van der Waals surface area contributed by atoms with E-state index in [1.165, 1.54) is 52.1 Å². The molecule has 17 heteroatoms. The molecule has 2 bridgehead atoms. The number of rotatable bonds is 5. The van der Waals surface area contributed by atoms with Crippen LogP contribution in [0.3, 0.4) is 0 Å². The number of aromatic hydroxyl groups is 1. The molecule has 1 amide bonds. The lowest BCUT2D eigenvalue weighted by atomic mass is 9.97. The molecule has 0 spiro atoms. The van der Waals surface area contributed by atoms with Crippen LogP contribution in [0.5, 0.6) is 5.88 Å². The Hall–Kier alpha value is -5.74. The molecule has 0 radical (unpaired) electrons. The third-order valence-corrected chi connectivity index (χ3v) is 8.45. The number of anilines is 2. The Balaban J connectivity index is 1.41. The van der Waals surface area contributed by atoms with E-state index in [1.807, 2.05) is 6.92 Å². The standard InChI is InChI=1S/C33H30ClF3N10O3/c1-18-3-2-4-27(24-11-19(7-9-40-24)31-25(43-32(18)50)15-47(44-31)21-8-10-41-29(48)13-21)45-17-42-23(14-30(45)49)22-12-20(34)5-6-26(22)46(39)16-28(38)33(35,36)37/h5-18,27H,2-4,38-39H2,1H3,(H,41,48)(H,43,50)/b28-16-. The molecule has 50 heavy (non-hydrogen) atoms. The van der Waals surface area contributed by atoms with Crippen molar-refractivity contribution < 1.29 is 23.1 Å². The van der Waals surface area contributed by atoms with E-state index in [0.29, 0.717) is 58.8 Å². The predicted molar refractivity (Wildman–Crippen MR) is 180 cm³/mol. The minimum Gasteiger partial charge on any atom is -0.493 e. The zero-order valence-corrected chi connectivity index (χ0v) is 27.1. The maximum atomic E-state index is 13.8. The molecule has 1 aromatic carbocycles. The number of pyridine rings is 2. The summed E-state index contributed by atoms with van der Waals surface area (Å²) in [6.45, 7) is 1.81. The fourth-order valence-corrected chi connectivity index (χ4v) is 5.77. The SMILES string of the molecule is CC1CCCC(n2cnc(-c3cc(Cl)ccc3N(N)/C=C(\N)C(F)(F)F)cc2=O)c2cc(ccn2)-c2nn(-c3ccnc(O)c3)cc2NC1=O. The number of alkyl halides is 3. The number of hydrogen-bond acceptors (Lipinski definition) is 10. The van der Waals surface area contributed by atoms with Crippen LogP contribution in [0.2, 0.25) is 5.02 Å². The Bertz CT molecular complexity index is 2170. The number of halogens is 4. The summed E-state index contributed by atoms with van der Waals surface area (Å²) in [7, 11) is 0. The monoisotopic (exact) mass is 706 g/mol. The van der Waals surface area contributed by atoms with Gasteiger partial charge in [0.25, 0.3) is 5.56 Å². The van der Waals surface area contributed by atoms with E-state index < -0.39 is 23.5 Å². The van der Waals surface area contributed by atoms with E-state index in [0.717, 1.165) is 0 Å². The summed E-state index contributed by atoms with van der Waals surface area (Å²) in [5, 5.41) is 18.5. The number of hydrazine groups is 1. The minimum absolute atomic E-state index is 0.0658. The highest BCUT2D eigenvalue weighted by atomic mass is 35.5. The number of carbonyl (C=O) groups is 1. The lowest BCUT2D eigenvalue weighted by molar-refractivity contribution is -0.119. The van der Waals surface area contributed by atoms with Gasteiger partial charge in [-0.2, -0.15) is 18.3 Å². The molecule has 2 unspecified atom stereocenters. The van der Waals surface area contributed by atoms with Crippen LogP contribution in [0.25, 0.3) is 28.2 Å². The molecule has 6 N–H and O–H groups in total. The van der Waals surface area contributed by atoms with Crippen LogP contribution in [-0.4, -0.2) is 46.5 Å². The normalized spacial score (nSPS) is 16.9. The van der Waals surface area contributed by atoms with Crippen molar-refractivity contribution in [1.82, 2.24) is 29.3 Å². The van der Waals surface area contributed by atoms with Gasteiger partial charge in [0.15, 0.2) is 0 Å². The molecule has 0 saturated heterocycles. The lowest BCUT2D eigenvalue weighted by Crippen LogP contribution is -2.30. The highest BCUT2D eigenvalue weighted by Crippen LogP contribution is 2.35. The van der Waals surface area contributed by atoms with Gasteiger partial charge >= 0.3 is 6.18 Å². The second-order valence-corrected chi connectivity index (χ2v) is 12.1. The van der Waals surface area contributed by atoms with Crippen LogP contribution < -0.4 is 27.5 Å². The maximum absolute atomic E-state index is 13.8. The van der Waals surface area contributed by atoms with Gasteiger partial charge in [0.05, 0.1) is 47.0 Å². The number of nitrogens with zero attached hydrogens (tertiary/aromatic N) is 7. The molecule has 4 aromatic heterocycles. The van der Waals surface area contributed by atoms with Gasteiger partial charge in [-0.3, -0.25) is 24.1 Å². The number of carbonyl (C=O) groups excluding carboxylic acids is 1. The summed E-state index contributed by atoms with van der Waals surface area (Å²) in [5.41, 5.74) is 6.17. The molecule has 6 rings (SSSR count). The van der Waals surface area contributed by atoms with Crippen LogP contribution in [0.1, 0.15) is 37.9 Å². The van der Waals surface area contributed by atoms with E-state index in [9.17, 15) is 27.9 Å². The summed E-state index contributed by atoms with van der Waals surface area (Å²) < 4.78 is 42.3. The van der Waals surface area contributed by atoms with Crippen molar-refractivity contribution in [2.24, 2.45) is 17.5 Å². The van der Waals surface area contributed by atoms with Crippen molar-refractivity contribution in [1.29, 1.82) is 0 Å². The van der Waals surface area contributed by atoms with Crippen LogP contribution >= 0.6 is 11.6 Å². The number of benzene rings is 1. The van der Waals surface area contributed by atoms with Crippen molar-refractivity contribution in [3.8, 4) is 34.1 Å². The van der Waals surface area contributed by atoms with Crippen LogP contribution in [-0.2, 0) is 4.79 Å². The number of allylic oxidation sites excluding steroid dienone is 1. The third kappa shape index (κ3) is 7.16. The molecular weight excluding hydrogens is 677 g/mol. The number of nitrogens with two attached hydrogens (primary N) is 2. The first-order valence-corrected chi connectivity index (χ1v) is 15.6. The van der Waals surface area contributed by atoms with Gasteiger partial charge < -0.3 is 16.2 Å². The number of hydrogen-bond donors (Lipinski definition) is 4. The molecule has 13 nitrogen and oxygen atoms in total. The second kappa shape index (κ2) is 13.6. The van der Waals surface area contributed by atoms with Gasteiger partial charge in [0.2, 0.25) is 11.8 Å². The van der Waals surface area contributed by atoms with Crippen LogP contribution in [0.15, 0.2) is 90.1 Å². The Morgan fingerprint density at radius 3 is 2.60 bits per heavy atom. The van der Waals surface area contributed by atoms with Crippen LogP contribution in [0.4, 0.5) is 24.5 Å². The number of nitrogens with one attached hydrogen (secondary N) is 1. The van der Waals surface area contributed by atoms with Crippen molar-refractivity contribution in [3.63, 3.8) is 0 Å². The Morgan fingerprint density at radius 2 is 1.86 bits per heavy atom. The number of amides is 1. The van der Waals surface area contributed by atoms with E-state index in [1.54, 1.807) is 30.6 Å². The molecule has 258 valence electrons. The van der Waals surface area contributed by atoms with Gasteiger partial charge in [-0.15, -0.1) is 0 Å².